The Labute approximate surface area is 98.8 Å². The van der Waals surface area contributed by atoms with E-state index in [1.54, 1.807) is 7.11 Å². The number of hydrogen-bond donors (Lipinski definition) is 1. The van der Waals surface area contributed by atoms with Gasteiger partial charge in [-0.25, -0.2) is 0 Å². The summed E-state index contributed by atoms with van der Waals surface area (Å²) in [4.78, 5) is 0. The summed E-state index contributed by atoms with van der Waals surface area (Å²) in [5, 5.41) is 0. The molecule has 0 fully saturated rings. The summed E-state index contributed by atoms with van der Waals surface area (Å²) >= 11 is 0. The number of ether oxygens (including phenoxy) is 1. The van der Waals surface area contributed by atoms with Crippen LogP contribution in [0.15, 0.2) is 18.2 Å². The summed E-state index contributed by atoms with van der Waals surface area (Å²) < 4.78 is 5.56. The molecule has 0 bridgehead atoms. The smallest absolute Gasteiger partial charge is 0.125 e. The number of para-hydroxylation sites is 1. The molecule has 1 atom stereocenters. The summed E-state index contributed by atoms with van der Waals surface area (Å²) in [6.45, 7) is 7.30. The van der Waals surface area contributed by atoms with Crippen molar-refractivity contribution < 1.29 is 4.74 Å². The van der Waals surface area contributed by atoms with Crippen molar-refractivity contribution in [3.05, 3.63) is 29.3 Å². The molecule has 1 aromatic rings. The van der Waals surface area contributed by atoms with Crippen LogP contribution in [0.5, 0.6) is 5.75 Å². The lowest BCUT2D eigenvalue weighted by Crippen LogP contribution is -2.07. The Bertz CT molecular complexity index is 334. The van der Waals surface area contributed by atoms with Crippen LogP contribution in [0.25, 0.3) is 0 Å². The van der Waals surface area contributed by atoms with Crippen molar-refractivity contribution in [1.29, 1.82) is 0 Å². The van der Waals surface area contributed by atoms with E-state index in [1.165, 1.54) is 11.1 Å². The molecule has 0 saturated heterocycles. The van der Waals surface area contributed by atoms with E-state index in [4.69, 9.17) is 10.5 Å². The minimum atomic E-state index is 0.457. The minimum Gasteiger partial charge on any atom is -0.496 e. The third-order valence-electron chi connectivity index (χ3n) is 3.03. The monoisotopic (exact) mass is 221 g/mol. The third kappa shape index (κ3) is 2.76. The lowest BCUT2D eigenvalue weighted by atomic mass is 9.91. The maximum absolute atomic E-state index is 5.62. The van der Waals surface area contributed by atoms with E-state index in [2.05, 4.69) is 39.0 Å². The molecule has 0 aliphatic rings. The number of nitrogens with two attached hydrogens (primary N) is 1. The zero-order valence-corrected chi connectivity index (χ0v) is 10.8. The molecule has 2 heteroatoms. The van der Waals surface area contributed by atoms with Gasteiger partial charge in [0.15, 0.2) is 0 Å². The zero-order valence-electron chi connectivity index (χ0n) is 10.8. The standard InChI is InChI=1S/C14H23NO/c1-10(2)12-6-5-7-13(14(12)16-4)11(3)8-9-15/h5-7,10-11H,8-9,15H2,1-4H3. The second-order valence-electron chi connectivity index (χ2n) is 4.60. The molecule has 0 heterocycles. The molecule has 1 rings (SSSR count). The second-order valence-corrected chi connectivity index (χ2v) is 4.60. The molecule has 2 N–H and O–H groups in total. The van der Waals surface area contributed by atoms with E-state index in [1.807, 2.05) is 0 Å². The van der Waals surface area contributed by atoms with Crippen LogP contribution >= 0.6 is 0 Å². The van der Waals surface area contributed by atoms with Gasteiger partial charge in [0.05, 0.1) is 7.11 Å². The quantitative estimate of drug-likeness (QED) is 0.828. The van der Waals surface area contributed by atoms with Crippen molar-refractivity contribution in [2.24, 2.45) is 5.73 Å². The van der Waals surface area contributed by atoms with Gasteiger partial charge in [0.25, 0.3) is 0 Å². The van der Waals surface area contributed by atoms with E-state index in [0.29, 0.717) is 11.8 Å². The van der Waals surface area contributed by atoms with Crippen LogP contribution in [0.4, 0.5) is 0 Å². The first-order valence-electron chi connectivity index (χ1n) is 5.98. The first kappa shape index (κ1) is 13.0. The lowest BCUT2D eigenvalue weighted by molar-refractivity contribution is 0.398. The summed E-state index contributed by atoms with van der Waals surface area (Å²) in [6, 6.07) is 6.40. The molecular weight excluding hydrogens is 198 g/mol. The SMILES string of the molecule is COc1c(C(C)C)cccc1C(C)CCN. The Balaban J connectivity index is 3.13. The lowest BCUT2D eigenvalue weighted by Gasteiger charge is -2.19. The zero-order chi connectivity index (χ0) is 12.1. The Morgan fingerprint density at radius 2 is 1.81 bits per heavy atom. The molecule has 2 nitrogen and oxygen atoms in total. The number of benzene rings is 1. The topological polar surface area (TPSA) is 35.2 Å². The van der Waals surface area contributed by atoms with Crippen LogP contribution in [0.2, 0.25) is 0 Å². The summed E-state index contributed by atoms with van der Waals surface area (Å²) in [5.41, 5.74) is 8.17. The van der Waals surface area contributed by atoms with Crippen LogP contribution < -0.4 is 10.5 Å². The van der Waals surface area contributed by atoms with Crippen LogP contribution in [0.1, 0.15) is 50.2 Å². The predicted molar refractivity (Wildman–Crippen MR) is 69.2 cm³/mol. The maximum atomic E-state index is 5.62. The Kier molecular flexibility index (Phi) is 4.81. The molecule has 0 amide bonds. The van der Waals surface area contributed by atoms with Gasteiger partial charge in [-0.05, 0) is 35.9 Å². The molecule has 16 heavy (non-hydrogen) atoms. The molecule has 90 valence electrons. The van der Waals surface area contributed by atoms with E-state index in [0.717, 1.165) is 18.7 Å². The fraction of sp³-hybridized carbons (Fsp3) is 0.571. The first-order valence-corrected chi connectivity index (χ1v) is 5.98. The molecule has 1 aromatic carbocycles. The van der Waals surface area contributed by atoms with Gasteiger partial charge in [-0.2, -0.15) is 0 Å². The first-order chi connectivity index (χ1) is 7.61. The summed E-state index contributed by atoms with van der Waals surface area (Å²) in [6.07, 6.45) is 0.998. The van der Waals surface area contributed by atoms with Gasteiger partial charge in [0, 0.05) is 0 Å². The van der Waals surface area contributed by atoms with Crippen molar-refractivity contribution in [2.45, 2.75) is 39.0 Å². The van der Waals surface area contributed by atoms with Gasteiger partial charge < -0.3 is 10.5 Å². The molecule has 0 saturated carbocycles. The van der Waals surface area contributed by atoms with Crippen molar-refractivity contribution in [2.75, 3.05) is 13.7 Å². The van der Waals surface area contributed by atoms with Gasteiger partial charge in [-0.3, -0.25) is 0 Å². The average molecular weight is 221 g/mol. The maximum Gasteiger partial charge on any atom is 0.125 e. The molecule has 0 aromatic heterocycles. The molecular formula is C14H23NO. The van der Waals surface area contributed by atoms with Crippen molar-refractivity contribution in [3.8, 4) is 5.75 Å². The highest BCUT2D eigenvalue weighted by molar-refractivity contribution is 5.44. The van der Waals surface area contributed by atoms with Gasteiger partial charge in [0.2, 0.25) is 0 Å². The van der Waals surface area contributed by atoms with Crippen molar-refractivity contribution in [1.82, 2.24) is 0 Å². The fourth-order valence-corrected chi connectivity index (χ4v) is 2.06. The van der Waals surface area contributed by atoms with Crippen LogP contribution in [0.3, 0.4) is 0 Å². The molecule has 0 radical (unpaired) electrons. The van der Waals surface area contributed by atoms with Gasteiger partial charge in [0.1, 0.15) is 5.75 Å². The highest BCUT2D eigenvalue weighted by Crippen LogP contribution is 2.35. The Morgan fingerprint density at radius 3 is 2.31 bits per heavy atom. The fourth-order valence-electron chi connectivity index (χ4n) is 2.06. The number of methoxy groups -OCH3 is 1. The van der Waals surface area contributed by atoms with Gasteiger partial charge in [-0.15, -0.1) is 0 Å². The third-order valence-corrected chi connectivity index (χ3v) is 3.03. The van der Waals surface area contributed by atoms with Gasteiger partial charge in [-0.1, -0.05) is 39.0 Å². The van der Waals surface area contributed by atoms with Crippen LogP contribution in [0, 0.1) is 0 Å². The van der Waals surface area contributed by atoms with Crippen LogP contribution in [-0.4, -0.2) is 13.7 Å². The van der Waals surface area contributed by atoms with E-state index < -0.39 is 0 Å². The van der Waals surface area contributed by atoms with Gasteiger partial charge >= 0.3 is 0 Å². The number of hydrogen-bond acceptors (Lipinski definition) is 2. The normalized spacial score (nSPS) is 12.9. The highest BCUT2D eigenvalue weighted by atomic mass is 16.5. The summed E-state index contributed by atoms with van der Waals surface area (Å²) in [5.74, 6) is 1.98. The van der Waals surface area contributed by atoms with Crippen LogP contribution in [-0.2, 0) is 0 Å². The highest BCUT2D eigenvalue weighted by Gasteiger charge is 2.15. The minimum absolute atomic E-state index is 0.457. The predicted octanol–water partition coefficient (Wildman–Crippen LogP) is 3.27. The van der Waals surface area contributed by atoms with E-state index in [9.17, 15) is 0 Å². The average Bonchev–Trinajstić information content (AvgIpc) is 2.28. The largest absolute Gasteiger partial charge is 0.496 e. The summed E-state index contributed by atoms with van der Waals surface area (Å²) in [7, 11) is 1.75. The number of rotatable bonds is 5. The Hall–Kier alpha value is -1.02. The van der Waals surface area contributed by atoms with Crippen molar-refractivity contribution in [3.63, 3.8) is 0 Å². The van der Waals surface area contributed by atoms with E-state index in [-0.39, 0.29) is 0 Å². The van der Waals surface area contributed by atoms with E-state index >= 15 is 0 Å². The molecule has 0 spiro atoms. The molecule has 0 aliphatic carbocycles. The Morgan fingerprint density at radius 1 is 1.19 bits per heavy atom. The molecule has 0 aliphatic heterocycles. The molecule has 1 unspecified atom stereocenters. The van der Waals surface area contributed by atoms with Crippen molar-refractivity contribution >= 4 is 0 Å². The second kappa shape index (κ2) is 5.90.